The predicted octanol–water partition coefficient (Wildman–Crippen LogP) is 4.04. The summed E-state index contributed by atoms with van der Waals surface area (Å²) in [6.45, 7) is 2.83. The Hall–Kier alpha value is -3.94. The van der Waals surface area contributed by atoms with Crippen molar-refractivity contribution in [3.8, 4) is 22.8 Å². The lowest BCUT2D eigenvalue weighted by Gasteiger charge is -2.16. The summed E-state index contributed by atoms with van der Waals surface area (Å²) in [5.41, 5.74) is 4.78. The maximum atomic E-state index is 12.8. The topological polar surface area (TPSA) is 86.9 Å². The number of fused-ring (bicyclic) bond motifs is 1. The molecule has 32 heavy (non-hydrogen) atoms. The highest BCUT2D eigenvalue weighted by molar-refractivity contribution is 6.03. The Kier molecular flexibility index (Phi) is 5.18. The van der Waals surface area contributed by atoms with Crippen LogP contribution in [0.3, 0.4) is 0 Å². The van der Waals surface area contributed by atoms with Gasteiger partial charge in [-0.3, -0.25) is 4.79 Å². The molecule has 0 fully saturated rings. The lowest BCUT2D eigenvalue weighted by molar-refractivity contribution is 0.102. The van der Waals surface area contributed by atoms with Gasteiger partial charge in [0.05, 0.1) is 18.5 Å². The number of aromatic nitrogens is 5. The number of methoxy groups -OCH3 is 1. The molecule has 0 saturated carbocycles. The molecule has 4 aromatic rings. The van der Waals surface area contributed by atoms with Crippen molar-refractivity contribution < 1.29 is 9.53 Å². The average molecular weight is 428 g/mol. The standard InChI is InChI=1S/C24H24N6O2/c1-16-22(27-28-30(16)19-10-12-21(32-2)13-11-19)24(31)26-18-8-6-17(7-9-18)23-25-15-20-5-3-4-14-29(20)23/h6-13,15H,3-5,14H2,1-2H3,(H,26,31). The number of nitrogens with one attached hydrogen (secondary N) is 1. The molecule has 162 valence electrons. The summed E-state index contributed by atoms with van der Waals surface area (Å²) < 4.78 is 9.12. The normalized spacial score (nSPS) is 12.9. The molecule has 2 aromatic heterocycles. The maximum Gasteiger partial charge on any atom is 0.278 e. The van der Waals surface area contributed by atoms with Gasteiger partial charge in [-0.1, -0.05) is 5.21 Å². The van der Waals surface area contributed by atoms with Gasteiger partial charge in [-0.05, 0) is 74.7 Å². The van der Waals surface area contributed by atoms with Crippen molar-refractivity contribution in [2.75, 3.05) is 12.4 Å². The first kappa shape index (κ1) is 20.0. The molecule has 0 saturated heterocycles. The van der Waals surface area contributed by atoms with E-state index in [1.807, 2.05) is 61.7 Å². The van der Waals surface area contributed by atoms with E-state index in [9.17, 15) is 4.79 Å². The molecule has 0 atom stereocenters. The Labute approximate surface area is 185 Å². The van der Waals surface area contributed by atoms with Crippen LogP contribution in [0, 0.1) is 6.92 Å². The minimum absolute atomic E-state index is 0.284. The molecule has 1 aliphatic rings. The fourth-order valence-electron chi connectivity index (χ4n) is 4.07. The van der Waals surface area contributed by atoms with Crippen LogP contribution in [0.2, 0.25) is 0 Å². The van der Waals surface area contributed by atoms with Crippen LogP contribution < -0.4 is 10.1 Å². The molecular weight excluding hydrogens is 404 g/mol. The third-order valence-corrected chi connectivity index (χ3v) is 5.83. The highest BCUT2D eigenvalue weighted by Gasteiger charge is 2.18. The lowest BCUT2D eigenvalue weighted by atomic mass is 10.1. The van der Waals surface area contributed by atoms with E-state index in [0.29, 0.717) is 11.4 Å². The number of ether oxygens (including phenoxy) is 1. The minimum Gasteiger partial charge on any atom is -0.497 e. The van der Waals surface area contributed by atoms with E-state index < -0.39 is 0 Å². The summed E-state index contributed by atoms with van der Waals surface area (Å²) in [6.07, 6.45) is 5.45. The van der Waals surface area contributed by atoms with Gasteiger partial charge in [0.25, 0.3) is 5.91 Å². The number of amides is 1. The molecule has 0 bridgehead atoms. The first-order valence-electron chi connectivity index (χ1n) is 10.7. The van der Waals surface area contributed by atoms with Crippen molar-refractivity contribution in [3.05, 3.63) is 71.8 Å². The fraction of sp³-hybridized carbons (Fsp3) is 0.250. The van der Waals surface area contributed by atoms with E-state index in [1.165, 1.54) is 18.5 Å². The van der Waals surface area contributed by atoms with Crippen molar-refractivity contribution in [1.82, 2.24) is 24.5 Å². The van der Waals surface area contributed by atoms with Crippen molar-refractivity contribution in [3.63, 3.8) is 0 Å². The summed E-state index contributed by atoms with van der Waals surface area (Å²) in [5, 5.41) is 11.2. The van der Waals surface area contributed by atoms with Crippen LogP contribution in [0.4, 0.5) is 5.69 Å². The quantitative estimate of drug-likeness (QED) is 0.518. The Morgan fingerprint density at radius 3 is 2.59 bits per heavy atom. The van der Waals surface area contributed by atoms with E-state index in [4.69, 9.17) is 4.74 Å². The predicted molar refractivity (Wildman–Crippen MR) is 121 cm³/mol. The summed E-state index contributed by atoms with van der Waals surface area (Å²) >= 11 is 0. The Morgan fingerprint density at radius 2 is 1.84 bits per heavy atom. The minimum atomic E-state index is -0.298. The van der Waals surface area contributed by atoms with Crippen molar-refractivity contribution >= 4 is 11.6 Å². The van der Waals surface area contributed by atoms with Crippen molar-refractivity contribution in [1.29, 1.82) is 0 Å². The first-order valence-corrected chi connectivity index (χ1v) is 10.7. The van der Waals surface area contributed by atoms with E-state index >= 15 is 0 Å². The number of nitrogens with zero attached hydrogens (tertiary/aromatic N) is 5. The molecule has 5 rings (SSSR count). The van der Waals surface area contributed by atoms with Gasteiger partial charge >= 0.3 is 0 Å². The second kappa shape index (κ2) is 8.30. The molecule has 1 aliphatic heterocycles. The number of hydrogen-bond acceptors (Lipinski definition) is 5. The summed E-state index contributed by atoms with van der Waals surface area (Å²) in [5.74, 6) is 1.44. The third kappa shape index (κ3) is 3.64. The number of aryl methyl sites for hydroxylation is 1. The van der Waals surface area contributed by atoms with Crippen LogP contribution in [0.5, 0.6) is 5.75 Å². The second-order valence-electron chi connectivity index (χ2n) is 7.85. The molecule has 8 heteroatoms. The molecule has 3 heterocycles. The van der Waals surface area contributed by atoms with Crippen LogP contribution in [0.25, 0.3) is 17.1 Å². The molecule has 2 aromatic carbocycles. The molecule has 1 N–H and O–H groups in total. The SMILES string of the molecule is COc1ccc(-n2nnc(C(=O)Nc3ccc(-c4ncc5n4CCCC5)cc3)c2C)cc1. The molecule has 1 amide bonds. The maximum absolute atomic E-state index is 12.8. The monoisotopic (exact) mass is 428 g/mol. The Balaban J connectivity index is 1.32. The molecule has 0 spiro atoms. The van der Waals surface area contributed by atoms with E-state index in [0.717, 1.165) is 35.8 Å². The van der Waals surface area contributed by atoms with Crippen molar-refractivity contribution in [2.24, 2.45) is 0 Å². The molecule has 8 nitrogen and oxygen atoms in total. The Bertz CT molecular complexity index is 1250. The summed E-state index contributed by atoms with van der Waals surface area (Å²) in [4.78, 5) is 17.4. The zero-order valence-electron chi connectivity index (χ0n) is 18.1. The average Bonchev–Trinajstić information content (AvgIpc) is 3.43. The third-order valence-electron chi connectivity index (χ3n) is 5.83. The lowest BCUT2D eigenvalue weighted by Crippen LogP contribution is -2.14. The molecule has 0 aliphatic carbocycles. The smallest absolute Gasteiger partial charge is 0.278 e. The number of carbonyl (C=O) groups excluding carboxylic acids is 1. The molecule has 0 unspecified atom stereocenters. The van der Waals surface area contributed by atoms with E-state index in [2.05, 4.69) is 25.2 Å². The van der Waals surface area contributed by atoms with Crippen molar-refractivity contribution in [2.45, 2.75) is 32.7 Å². The number of hydrogen-bond donors (Lipinski definition) is 1. The summed E-state index contributed by atoms with van der Waals surface area (Å²) in [7, 11) is 1.62. The molecule has 0 radical (unpaired) electrons. The van der Waals surface area contributed by atoms with Gasteiger partial charge < -0.3 is 14.6 Å². The number of rotatable bonds is 5. The highest BCUT2D eigenvalue weighted by Crippen LogP contribution is 2.26. The highest BCUT2D eigenvalue weighted by atomic mass is 16.5. The van der Waals surface area contributed by atoms with Gasteiger partial charge in [0, 0.05) is 29.7 Å². The van der Waals surface area contributed by atoms with Crippen LogP contribution in [0.15, 0.2) is 54.7 Å². The number of benzene rings is 2. The van der Waals surface area contributed by atoms with Gasteiger partial charge in [0.2, 0.25) is 0 Å². The van der Waals surface area contributed by atoms with Gasteiger partial charge in [0.15, 0.2) is 5.69 Å². The number of anilines is 1. The van der Waals surface area contributed by atoms with E-state index in [-0.39, 0.29) is 11.6 Å². The second-order valence-corrected chi connectivity index (χ2v) is 7.85. The fourth-order valence-corrected chi connectivity index (χ4v) is 4.07. The van der Waals surface area contributed by atoms with Crippen LogP contribution in [0.1, 0.15) is 34.7 Å². The van der Waals surface area contributed by atoms with Gasteiger partial charge in [-0.25, -0.2) is 9.67 Å². The van der Waals surface area contributed by atoms with E-state index in [1.54, 1.807) is 11.8 Å². The summed E-state index contributed by atoms with van der Waals surface area (Å²) in [6, 6.07) is 15.2. The van der Waals surface area contributed by atoms with Gasteiger partial charge in [0.1, 0.15) is 11.6 Å². The van der Waals surface area contributed by atoms with Gasteiger partial charge in [-0.15, -0.1) is 5.10 Å². The van der Waals surface area contributed by atoms with Crippen LogP contribution in [-0.4, -0.2) is 37.6 Å². The molecular formula is C24H24N6O2. The van der Waals surface area contributed by atoms with Crippen LogP contribution in [-0.2, 0) is 13.0 Å². The number of carbonyl (C=O) groups is 1. The zero-order valence-corrected chi connectivity index (χ0v) is 18.1. The Morgan fingerprint density at radius 1 is 1.06 bits per heavy atom. The first-order chi connectivity index (χ1) is 15.6. The number of imidazole rings is 1. The zero-order chi connectivity index (χ0) is 22.1. The largest absolute Gasteiger partial charge is 0.497 e. The van der Waals surface area contributed by atoms with Crippen LogP contribution >= 0.6 is 0 Å². The van der Waals surface area contributed by atoms with Gasteiger partial charge in [-0.2, -0.15) is 0 Å².